The largest absolute Gasteiger partial charge is 0.744 e. The molecule has 1 aromatic heterocycles. The molecule has 1 aromatic carbocycles. The summed E-state index contributed by atoms with van der Waals surface area (Å²) in [7, 11) is -4.33. The van der Waals surface area contributed by atoms with E-state index in [4.69, 9.17) is 5.84 Å². The molecule has 0 saturated carbocycles. The Balaban J connectivity index is 0.000000235. The molecule has 0 spiro atoms. The summed E-state index contributed by atoms with van der Waals surface area (Å²) >= 11 is 0. The van der Waals surface area contributed by atoms with Crippen molar-refractivity contribution in [3.8, 4) is 0 Å². The number of hydrogen-bond donors (Lipinski definition) is 1. The first-order chi connectivity index (χ1) is 9.61. The van der Waals surface area contributed by atoms with Crippen molar-refractivity contribution in [2.75, 3.05) is 5.84 Å². The summed E-state index contributed by atoms with van der Waals surface area (Å²) in [5, 5.41) is 0. The van der Waals surface area contributed by atoms with Gasteiger partial charge in [0.05, 0.1) is 4.90 Å². The lowest BCUT2D eigenvalue weighted by atomic mass is 10.1. The average Bonchev–Trinajstić information content (AvgIpc) is 2.25. The molecule has 7 heteroatoms. The van der Waals surface area contributed by atoms with Crippen LogP contribution in [0.4, 0.5) is 4.39 Å². The summed E-state index contributed by atoms with van der Waals surface area (Å²) in [6.45, 7) is 5.12. The van der Waals surface area contributed by atoms with Crippen molar-refractivity contribution in [3.63, 3.8) is 0 Å². The van der Waals surface area contributed by atoms with E-state index in [1.807, 2.05) is 6.92 Å². The second-order valence-electron chi connectivity index (χ2n) is 4.65. The van der Waals surface area contributed by atoms with Crippen molar-refractivity contribution in [3.05, 3.63) is 59.2 Å². The molecule has 0 bridgehead atoms. The van der Waals surface area contributed by atoms with Crippen LogP contribution in [-0.4, -0.2) is 13.0 Å². The number of pyridine rings is 1. The Morgan fingerprint density at radius 1 is 1.19 bits per heavy atom. The van der Waals surface area contributed by atoms with Crippen molar-refractivity contribution in [1.82, 2.24) is 0 Å². The molecule has 21 heavy (non-hydrogen) atoms. The molecule has 2 aromatic rings. The lowest BCUT2D eigenvalue weighted by molar-refractivity contribution is -0.640. The van der Waals surface area contributed by atoms with Crippen LogP contribution in [0, 0.1) is 26.6 Å². The van der Waals surface area contributed by atoms with Gasteiger partial charge < -0.3 is 4.55 Å². The minimum absolute atomic E-state index is 0.0851. The Bertz CT molecular complexity index is 705. The molecule has 0 fully saturated rings. The number of rotatable bonds is 1. The lowest BCUT2D eigenvalue weighted by Gasteiger charge is -2.14. The molecule has 0 radical (unpaired) electrons. The van der Waals surface area contributed by atoms with Crippen molar-refractivity contribution < 1.29 is 22.0 Å². The van der Waals surface area contributed by atoms with Crippen LogP contribution in [-0.2, 0) is 10.1 Å². The maximum Gasteiger partial charge on any atom is 0.234 e. The number of aryl methyl sites for hydroxylation is 3. The van der Waals surface area contributed by atoms with Crippen LogP contribution in [0.25, 0.3) is 0 Å². The molecular formula is C14H17FN2O3S. The number of nitrogens with zero attached hydrogens (tertiary/aromatic N) is 1. The molecule has 5 nitrogen and oxygen atoms in total. The smallest absolute Gasteiger partial charge is 0.234 e. The third-order valence-corrected chi connectivity index (χ3v) is 3.78. The molecule has 2 rings (SSSR count). The molecule has 0 amide bonds. The maximum absolute atomic E-state index is 12.1. The van der Waals surface area contributed by atoms with Crippen LogP contribution in [0.5, 0.6) is 0 Å². The second kappa shape index (κ2) is 6.64. The van der Waals surface area contributed by atoms with E-state index in [9.17, 15) is 17.4 Å². The fourth-order valence-electron chi connectivity index (χ4n) is 2.02. The van der Waals surface area contributed by atoms with Gasteiger partial charge in [-0.25, -0.2) is 18.7 Å². The van der Waals surface area contributed by atoms with E-state index in [0.29, 0.717) is 11.1 Å². The molecule has 0 saturated heterocycles. The standard InChI is InChI=1S/C9H12O3S.C5H6FN2/c1-6-4-7(2)9(8(3)5-6)13(10,11)12;6-5-2-1-3-8(7)4-5/h4-5H,1-3H3,(H,10,11,12);1-4H,7H2/q;+1/p-1. The van der Waals surface area contributed by atoms with E-state index < -0.39 is 10.1 Å². The van der Waals surface area contributed by atoms with E-state index in [1.54, 1.807) is 32.2 Å². The van der Waals surface area contributed by atoms with Gasteiger partial charge in [-0.1, -0.05) is 22.4 Å². The summed E-state index contributed by atoms with van der Waals surface area (Å²) in [5.41, 5.74) is 2.00. The first-order valence-electron chi connectivity index (χ1n) is 6.07. The first-order valence-corrected chi connectivity index (χ1v) is 7.47. The summed E-state index contributed by atoms with van der Waals surface area (Å²) in [6.07, 6.45) is 2.75. The van der Waals surface area contributed by atoms with Gasteiger partial charge in [-0.3, -0.25) is 0 Å². The van der Waals surface area contributed by atoms with Crippen LogP contribution in [0.2, 0.25) is 0 Å². The van der Waals surface area contributed by atoms with Crippen LogP contribution in [0.15, 0.2) is 41.6 Å². The summed E-state index contributed by atoms with van der Waals surface area (Å²) in [5.74, 6) is 4.81. The highest BCUT2D eigenvalue weighted by Crippen LogP contribution is 2.20. The Morgan fingerprint density at radius 3 is 2.05 bits per heavy atom. The molecule has 114 valence electrons. The van der Waals surface area contributed by atoms with Gasteiger partial charge >= 0.3 is 0 Å². The number of halogens is 1. The molecule has 0 atom stereocenters. The van der Waals surface area contributed by atoms with Gasteiger partial charge in [0.1, 0.15) is 10.1 Å². The van der Waals surface area contributed by atoms with Crippen molar-refractivity contribution in [2.24, 2.45) is 0 Å². The molecule has 0 aliphatic carbocycles. The lowest BCUT2D eigenvalue weighted by Crippen LogP contribution is -2.43. The fraction of sp³-hybridized carbons (Fsp3) is 0.214. The van der Waals surface area contributed by atoms with E-state index in [1.165, 1.54) is 18.3 Å². The number of aromatic nitrogens is 1. The van der Waals surface area contributed by atoms with Gasteiger partial charge in [0, 0.05) is 6.07 Å². The topological polar surface area (TPSA) is 87.1 Å². The van der Waals surface area contributed by atoms with Crippen LogP contribution in [0.3, 0.4) is 0 Å². The Hall–Kier alpha value is -1.99. The van der Waals surface area contributed by atoms with Gasteiger partial charge in [-0.05, 0) is 38.0 Å². The minimum atomic E-state index is -4.33. The fourth-order valence-corrected chi connectivity index (χ4v) is 2.93. The number of nitrogen functional groups attached to an aromatic ring is 1. The number of benzene rings is 1. The zero-order valence-electron chi connectivity index (χ0n) is 12.0. The normalized spacial score (nSPS) is 10.7. The minimum Gasteiger partial charge on any atom is -0.744 e. The van der Waals surface area contributed by atoms with E-state index in [-0.39, 0.29) is 10.7 Å². The zero-order chi connectivity index (χ0) is 16.2. The molecule has 1 heterocycles. The average molecular weight is 312 g/mol. The summed E-state index contributed by atoms with van der Waals surface area (Å²) < 4.78 is 45.7. The molecule has 0 aliphatic rings. The van der Waals surface area contributed by atoms with Gasteiger partial charge in [0.15, 0.2) is 12.0 Å². The van der Waals surface area contributed by atoms with Crippen LogP contribution < -0.4 is 10.5 Å². The van der Waals surface area contributed by atoms with Crippen LogP contribution >= 0.6 is 0 Å². The predicted octanol–water partition coefficient (Wildman–Crippen LogP) is 1.34. The van der Waals surface area contributed by atoms with Gasteiger partial charge in [-0.2, -0.15) is 0 Å². The zero-order valence-corrected chi connectivity index (χ0v) is 12.8. The van der Waals surface area contributed by atoms with Crippen molar-refractivity contribution in [1.29, 1.82) is 0 Å². The SMILES string of the molecule is Cc1cc(C)c(S(=O)(=O)[O-])c(C)c1.N[n+]1cccc(F)c1. The molecule has 0 aliphatic heterocycles. The molecule has 0 unspecified atom stereocenters. The van der Waals surface area contributed by atoms with E-state index in [2.05, 4.69) is 0 Å². The summed E-state index contributed by atoms with van der Waals surface area (Å²) in [6, 6.07) is 6.26. The summed E-state index contributed by atoms with van der Waals surface area (Å²) in [4.78, 5) is -0.0851. The van der Waals surface area contributed by atoms with Gasteiger partial charge in [-0.15, -0.1) is 0 Å². The van der Waals surface area contributed by atoms with E-state index in [0.717, 1.165) is 10.2 Å². The highest BCUT2D eigenvalue weighted by molar-refractivity contribution is 7.85. The molecule has 2 N–H and O–H groups in total. The van der Waals surface area contributed by atoms with Gasteiger partial charge in [0.2, 0.25) is 6.20 Å². The highest BCUT2D eigenvalue weighted by atomic mass is 32.2. The first kappa shape index (κ1) is 17.1. The Morgan fingerprint density at radius 2 is 1.71 bits per heavy atom. The maximum atomic E-state index is 12.1. The molecular weight excluding hydrogens is 295 g/mol. The van der Waals surface area contributed by atoms with E-state index >= 15 is 0 Å². The second-order valence-corrected chi connectivity index (χ2v) is 5.97. The third-order valence-electron chi connectivity index (χ3n) is 2.64. The highest BCUT2D eigenvalue weighted by Gasteiger charge is 2.09. The van der Waals surface area contributed by atoms with Crippen molar-refractivity contribution >= 4 is 10.1 Å². The Kier molecular flexibility index (Phi) is 5.40. The quantitative estimate of drug-likeness (QED) is 0.489. The van der Waals surface area contributed by atoms with Crippen LogP contribution in [0.1, 0.15) is 16.7 Å². The number of nitrogens with two attached hydrogens (primary N) is 1. The monoisotopic (exact) mass is 312 g/mol. The Labute approximate surface area is 123 Å². The van der Waals surface area contributed by atoms with Gasteiger partial charge in [0.25, 0.3) is 0 Å². The predicted molar refractivity (Wildman–Crippen MR) is 75.4 cm³/mol. The van der Waals surface area contributed by atoms with Crippen molar-refractivity contribution in [2.45, 2.75) is 25.7 Å². The third kappa shape index (κ3) is 5.13. The number of hydrogen-bond acceptors (Lipinski definition) is 4.